The number of benzene rings is 1. The van der Waals surface area contributed by atoms with Crippen molar-refractivity contribution >= 4 is 11.6 Å². The van der Waals surface area contributed by atoms with Crippen LogP contribution in [0.3, 0.4) is 0 Å². The van der Waals surface area contributed by atoms with E-state index in [1.165, 1.54) is 23.1 Å². The van der Waals surface area contributed by atoms with Crippen LogP contribution < -0.4 is 4.74 Å². The number of rotatable bonds is 6. The second-order valence-corrected chi connectivity index (χ2v) is 4.56. The highest BCUT2D eigenvalue weighted by molar-refractivity contribution is 5.98. The number of hydrogen-bond acceptors (Lipinski definition) is 5. The predicted molar refractivity (Wildman–Crippen MR) is 76.0 cm³/mol. The summed E-state index contributed by atoms with van der Waals surface area (Å²) < 4.78 is 5.28. The summed E-state index contributed by atoms with van der Waals surface area (Å²) in [6.45, 7) is 3.83. The fourth-order valence-corrected chi connectivity index (χ4v) is 1.87. The van der Waals surface area contributed by atoms with Crippen LogP contribution in [0.4, 0.5) is 5.69 Å². The third-order valence-electron chi connectivity index (χ3n) is 2.82. The molecule has 1 aromatic rings. The van der Waals surface area contributed by atoms with Crippen molar-refractivity contribution in [2.75, 3.05) is 20.2 Å². The van der Waals surface area contributed by atoms with Gasteiger partial charge in [0.05, 0.1) is 29.1 Å². The van der Waals surface area contributed by atoms with E-state index in [-0.39, 0.29) is 36.1 Å². The Kier molecular flexibility index (Phi) is 5.67. The maximum absolute atomic E-state index is 12.4. The fraction of sp³-hybridized carbons (Fsp3) is 0.429. The van der Waals surface area contributed by atoms with Gasteiger partial charge in [-0.05, 0) is 19.9 Å². The SMILES string of the molecule is CCOc1c(C(=O)N(C)CC(C)C#N)cccc1[N+](=O)[O-]. The molecule has 0 bridgehead atoms. The second kappa shape index (κ2) is 7.24. The molecule has 21 heavy (non-hydrogen) atoms. The number of ether oxygens (including phenoxy) is 1. The van der Waals surface area contributed by atoms with Gasteiger partial charge in [-0.1, -0.05) is 6.07 Å². The Labute approximate surface area is 122 Å². The molecule has 7 nitrogen and oxygen atoms in total. The van der Waals surface area contributed by atoms with E-state index in [0.717, 1.165) is 0 Å². The van der Waals surface area contributed by atoms with Gasteiger partial charge in [-0.2, -0.15) is 5.26 Å². The standard InChI is InChI=1S/C14H17N3O4/c1-4-21-13-11(6-5-7-12(13)17(19)20)14(18)16(3)9-10(2)8-15/h5-7,10H,4,9H2,1-3H3. The molecule has 1 aromatic carbocycles. The molecule has 0 spiro atoms. The number of hydrogen-bond donors (Lipinski definition) is 0. The second-order valence-electron chi connectivity index (χ2n) is 4.56. The van der Waals surface area contributed by atoms with Crippen molar-refractivity contribution in [3.63, 3.8) is 0 Å². The predicted octanol–water partition coefficient (Wildman–Crippen LogP) is 2.23. The first-order valence-electron chi connectivity index (χ1n) is 6.47. The number of nitro groups is 1. The third-order valence-corrected chi connectivity index (χ3v) is 2.82. The van der Waals surface area contributed by atoms with Crippen molar-refractivity contribution in [3.05, 3.63) is 33.9 Å². The van der Waals surface area contributed by atoms with Crippen LogP contribution in [0.2, 0.25) is 0 Å². The Hall–Kier alpha value is -2.62. The molecule has 0 N–H and O–H groups in total. The van der Waals surface area contributed by atoms with Crippen LogP contribution in [-0.4, -0.2) is 35.9 Å². The average Bonchev–Trinajstić information content (AvgIpc) is 2.46. The highest BCUT2D eigenvalue weighted by atomic mass is 16.6. The van der Waals surface area contributed by atoms with Crippen molar-refractivity contribution < 1.29 is 14.5 Å². The molecule has 0 radical (unpaired) electrons. The van der Waals surface area contributed by atoms with Gasteiger partial charge in [0.25, 0.3) is 5.91 Å². The summed E-state index contributed by atoms with van der Waals surface area (Å²) in [5.74, 6) is -0.774. The van der Waals surface area contributed by atoms with Crippen LogP contribution in [-0.2, 0) is 0 Å². The molecule has 0 aliphatic rings. The molecule has 7 heteroatoms. The average molecular weight is 291 g/mol. The lowest BCUT2D eigenvalue weighted by Gasteiger charge is -2.19. The van der Waals surface area contributed by atoms with Gasteiger partial charge < -0.3 is 9.64 Å². The Bertz CT molecular complexity index is 580. The molecule has 0 aromatic heterocycles. The summed E-state index contributed by atoms with van der Waals surface area (Å²) in [6.07, 6.45) is 0. The lowest BCUT2D eigenvalue weighted by Crippen LogP contribution is -2.31. The topological polar surface area (TPSA) is 96.5 Å². The van der Waals surface area contributed by atoms with Crippen LogP contribution >= 0.6 is 0 Å². The number of para-hydroxylation sites is 1. The van der Waals surface area contributed by atoms with E-state index in [9.17, 15) is 14.9 Å². The third kappa shape index (κ3) is 3.92. The van der Waals surface area contributed by atoms with Crippen molar-refractivity contribution in [2.24, 2.45) is 5.92 Å². The van der Waals surface area contributed by atoms with Crippen molar-refractivity contribution in [3.8, 4) is 11.8 Å². The normalized spacial score (nSPS) is 11.3. The summed E-state index contributed by atoms with van der Waals surface area (Å²) in [4.78, 5) is 24.2. The van der Waals surface area contributed by atoms with Gasteiger partial charge in [0, 0.05) is 19.7 Å². The first-order chi connectivity index (χ1) is 9.92. The van der Waals surface area contributed by atoms with E-state index < -0.39 is 10.8 Å². The number of nitro benzene ring substituents is 1. The summed E-state index contributed by atoms with van der Waals surface area (Å²) in [5.41, 5.74) is -0.122. The maximum atomic E-state index is 12.4. The Morgan fingerprint density at radius 2 is 2.24 bits per heavy atom. The lowest BCUT2D eigenvalue weighted by atomic mass is 10.1. The first-order valence-corrected chi connectivity index (χ1v) is 6.47. The quantitative estimate of drug-likeness (QED) is 0.591. The summed E-state index contributed by atoms with van der Waals surface area (Å²) in [6, 6.07) is 6.25. The summed E-state index contributed by atoms with van der Waals surface area (Å²) in [7, 11) is 1.55. The number of amides is 1. The van der Waals surface area contributed by atoms with Crippen molar-refractivity contribution in [2.45, 2.75) is 13.8 Å². The largest absolute Gasteiger partial charge is 0.487 e. The van der Waals surface area contributed by atoms with Gasteiger partial charge in [-0.25, -0.2) is 0 Å². The lowest BCUT2D eigenvalue weighted by molar-refractivity contribution is -0.385. The minimum Gasteiger partial charge on any atom is -0.487 e. The highest BCUT2D eigenvalue weighted by Gasteiger charge is 2.25. The molecule has 0 heterocycles. The Morgan fingerprint density at radius 3 is 2.76 bits per heavy atom. The van der Waals surface area contributed by atoms with E-state index in [4.69, 9.17) is 10.00 Å². The molecule has 0 aliphatic carbocycles. The molecule has 1 unspecified atom stereocenters. The minimum atomic E-state index is -0.584. The van der Waals surface area contributed by atoms with E-state index in [1.807, 2.05) is 6.07 Å². The van der Waals surface area contributed by atoms with Crippen LogP contribution in [0, 0.1) is 27.4 Å². The highest BCUT2D eigenvalue weighted by Crippen LogP contribution is 2.31. The van der Waals surface area contributed by atoms with E-state index in [0.29, 0.717) is 0 Å². The van der Waals surface area contributed by atoms with Crippen LogP contribution in [0.15, 0.2) is 18.2 Å². The monoisotopic (exact) mass is 291 g/mol. The zero-order chi connectivity index (χ0) is 16.0. The Morgan fingerprint density at radius 1 is 1.57 bits per heavy atom. The number of carbonyl (C=O) groups excluding carboxylic acids is 1. The molecule has 1 rings (SSSR count). The van der Waals surface area contributed by atoms with Gasteiger partial charge in [0.1, 0.15) is 0 Å². The molecule has 0 aliphatic heterocycles. The maximum Gasteiger partial charge on any atom is 0.311 e. The van der Waals surface area contributed by atoms with E-state index >= 15 is 0 Å². The molecule has 1 atom stereocenters. The molecule has 0 saturated heterocycles. The molecule has 112 valence electrons. The van der Waals surface area contributed by atoms with Crippen molar-refractivity contribution in [1.82, 2.24) is 4.90 Å². The van der Waals surface area contributed by atoms with Gasteiger partial charge in [0.2, 0.25) is 5.75 Å². The number of nitriles is 1. The fourth-order valence-electron chi connectivity index (χ4n) is 1.87. The van der Waals surface area contributed by atoms with Crippen LogP contribution in [0.5, 0.6) is 5.75 Å². The summed E-state index contributed by atoms with van der Waals surface area (Å²) in [5, 5.41) is 19.8. The van der Waals surface area contributed by atoms with Gasteiger partial charge in [-0.3, -0.25) is 14.9 Å². The Balaban J connectivity index is 3.17. The van der Waals surface area contributed by atoms with E-state index in [2.05, 4.69) is 0 Å². The molecule has 0 fully saturated rings. The molecule has 0 saturated carbocycles. The number of nitrogens with zero attached hydrogens (tertiary/aromatic N) is 3. The van der Waals surface area contributed by atoms with Gasteiger partial charge in [0.15, 0.2) is 0 Å². The molecular formula is C14H17N3O4. The van der Waals surface area contributed by atoms with Crippen LogP contribution in [0.25, 0.3) is 0 Å². The van der Waals surface area contributed by atoms with Gasteiger partial charge in [-0.15, -0.1) is 0 Å². The zero-order valence-corrected chi connectivity index (χ0v) is 12.2. The van der Waals surface area contributed by atoms with E-state index in [1.54, 1.807) is 20.9 Å². The van der Waals surface area contributed by atoms with Gasteiger partial charge >= 0.3 is 5.69 Å². The molecule has 1 amide bonds. The van der Waals surface area contributed by atoms with Crippen LogP contribution in [0.1, 0.15) is 24.2 Å². The summed E-state index contributed by atoms with van der Waals surface area (Å²) >= 11 is 0. The zero-order valence-electron chi connectivity index (χ0n) is 12.2. The molecular weight excluding hydrogens is 274 g/mol. The van der Waals surface area contributed by atoms with Crippen molar-refractivity contribution in [1.29, 1.82) is 5.26 Å². The smallest absolute Gasteiger partial charge is 0.311 e. The first kappa shape index (κ1) is 16.4. The number of carbonyl (C=O) groups is 1. The minimum absolute atomic E-state index is 0.0357.